The van der Waals surface area contributed by atoms with Crippen LogP contribution in [-0.4, -0.2) is 16.8 Å². The Morgan fingerprint density at radius 3 is 2.75 bits per heavy atom. The molecule has 1 fully saturated rings. The van der Waals surface area contributed by atoms with Gasteiger partial charge in [-0.1, -0.05) is 28.8 Å². The number of amides is 1. The zero-order valence-corrected chi connectivity index (χ0v) is 11.0. The third kappa shape index (κ3) is 2.32. The Hall–Kier alpha value is -0.770. The predicted molar refractivity (Wildman–Crippen MR) is 65.9 cm³/mol. The molecule has 4 heteroatoms. The summed E-state index contributed by atoms with van der Waals surface area (Å²) in [5.74, 6) is 0.739. The Morgan fingerprint density at radius 2 is 2.25 bits per heavy atom. The second kappa shape index (κ2) is 4.62. The average Bonchev–Trinajstić information content (AvgIpc) is 2.88. The SMILES string of the molecule is Cc1cc(C(=O)NC2(CBr)CCCC2)co1. The largest absolute Gasteiger partial charge is 0.469 e. The quantitative estimate of drug-likeness (QED) is 0.868. The number of halogens is 1. The Morgan fingerprint density at radius 1 is 1.56 bits per heavy atom. The van der Waals surface area contributed by atoms with Gasteiger partial charge in [0, 0.05) is 5.33 Å². The van der Waals surface area contributed by atoms with Crippen LogP contribution in [0.4, 0.5) is 0 Å². The van der Waals surface area contributed by atoms with Gasteiger partial charge in [-0.05, 0) is 25.8 Å². The normalized spacial score (nSPS) is 18.6. The van der Waals surface area contributed by atoms with E-state index in [0.717, 1.165) is 23.9 Å². The minimum atomic E-state index is -0.0533. The van der Waals surface area contributed by atoms with Gasteiger partial charge in [-0.25, -0.2) is 0 Å². The number of furan rings is 1. The van der Waals surface area contributed by atoms with Crippen LogP contribution in [-0.2, 0) is 0 Å². The summed E-state index contributed by atoms with van der Waals surface area (Å²) >= 11 is 3.50. The zero-order valence-electron chi connectivity index (χ0n) is 9.38. The van der Waals surface area contributed by atoms with Crippen LogP contribution in [0.5, 0.6) is 0 Å². The molecule has 1 aromatic rings. The van der Waals surface area contributed by atoms with Gasteiger partial charge >= 0.3 is 0 Å². The van der Waals surface area contributed by atoms with Crippen molar-refractivity contribution in [3.05, 3.63) is 23.7 Å². The van der Waals surface area contributed by atoms with E-state index in [2.05, 4.69) is 21.2 Å². The first-order valence-corrected chi connectivity index (χ1v) is 6.71. The van der Waals surface area contributed by atoms with E-state index in [0.29, 0.717) is 5.56 Å². The highest BCUT2D eigenvalue weighted by atomic mass is 79.9. The van der Waals surface area contributed by atoms with Crippen molar-refractivity contribution in [2.75, 3.05) is 5.33 Å². The first-order valence-electron chi connectivity index (χ1n) is 5.59. The second-order valence-electron chi connectivity index (χ2n) is 4.52. The molecule has 0 aromatic carbocycles. The number of carbonyl (C=O) groups is 1. The van der Waals surface area contributed by atoms with Crippen molar-refractivity contribution in [1.29, 1.82) is 0 Å². The minimum absolute atomic E-state index is 0.0294. The first kappa shape index (κ1) is 11.7. The molecule has 0 saturated heterocycles. The van der Waals surface area contributed by atoms with Crippen molar-refractivity contribution in [1.82, 2.24) is 5.32 Å². The van der Waals surface area contributed by atoms with E-state index in [4.69, 9.17) is 4.42 Å². The fraction of sp³-hybridized carbons (Fsp3) is 0.583. The van der Waals surface area contributed by atoms with Gasteiger partial charge in [0.15, 0.2) is 0 Å². The Kier molecular flexibility index (Phi) is 3.38. The number of carbonyl (C=O) groups excluding carboxylic acids is 1. The van der Waals surface area contributed by atoms with E-state index in [9.17, 15) is 4.79 Å². The zero-order chi connectivity index (χ0) is 11.6. The minimum Gasteiger partial charge on any atom is -0.469 e. The van der Waals surface area contributed by atoms with Crippen molar-refractivity contribution in [2.24, 2.45) is 0 Å². The van der Waals surface area contributed by atoms with Crippen LogP contribution in [0.1, 0.15) is 41.8 Å². The molecule has 0 unspecified atom stereocenters. The molecule has 1 N–H and O–H groups in total. The summed E-state index contributed by atoms with van der Waals surface area (Å²) in [5.41, 5.74) is 0.562. The third-order valence-corrected chi connectivity index (χ3v) is 4.26. The highest BCUT2D eigenvalue weighted by Gasteiger charge is 2.34. The molecule has 1 heterocycles. The molecule has 88 valence electrons. The van der Waals surface area contributed by atoms with Gasteiger partial charge in [0.2, 0.25) is 0 Å². The number of aryl methyl sites for hydroxylation is 1. The van der Waals surface area contributed by atoms with Gasteiger partial charge in [-0.15, -0.1) is 0 Å². The first-order chi connectivity index (χ1) is 7.65. The standard InChI is InChI=1S/C12H16BrNO2/c1-9-6-10(7-16-9)11(15)14-12(8-13)4-2-3-5-12/h6-7H,2-5,8H2,1H3,(H,14,15). The smallest absolute Gasteiger partial charge is 0.255 e. The van der Waals surface area contributed by atoms with Crippen molar-refractivity contribution in [3.8, 4) is 0 Å². The van der Waals surface area contributed by atoms with Gasteiger partial charge in [-0.3, -0.25) is 4.79 Å². The molecule has 2 rings (SSSR count). The van der Waals surface area contributed by atoms with Crippen molar-refractivity contribution in [3.63, 3.8) is 0 Å². The van der Waals surface area contributed by atoms with Crippen LogP contribution >= 0.6 is 15.9 Å². The molecule has 1 aliphatic rings. The van der Waals surface area contributed by atoms with Crippen LogP contribution in [0.15, 0.2) is 16.7 Å². The number of hydrogen-bond donors (Lipinski definition) is 1. The molecule has 16 heavy (non-hydrogen) atoms. The molecule has 0 bridgehead atoms. The number of alkyl halides is 1. The van der Waals surface area contributed by atoms with E-state index in [1.807, 2.05) is 6.92 Å². The molecular formula is C12H16BrNO2. The second-order valence-corrected chi connectivity index (χ2v) is 5.08. The van der Waals surface area contributed by atoms with Gasteiger partial charge in [-0.2, -0.15) is 0 Å². The van der Waals surface area contributed by atoms with Crippen molar-refractivity contribution in [2.45, 2.75) is 38.1 Å². The highest BCUT2D eigenvalue weighted by Crippen LogP contribution is 2.31. The summed E-state index contributed by atoms with van der Waals surface area (Å²) in [6.07, 6.45) is 6.01. The maximum Gasteiger partial charge on any atom is 0.255 e. The lowest BCUT2D eigenvalue weighted by Crippen LogP contribution is -2.47. The van der Waals surface area contributed by atoms with Crippen molar-refractivity contribution < 1.29 is 9.21 Å². The van der Waals surface area contributed by atoms with E-state index >= 15 is 0 Å². The maximum absolute atomic E-state index is 12.0. The fourth-order valence-electron chi connectivity index (χ4n) is 2.22. The van der Waals surface area contributed by atoms with E-state index < -0.39 is 0 Å². The predicted octanol–water partition coefficient (Wildman–Crippen LogP) is 3.03. The van der Waals surface area contributed by atoms with Gasteiger partial charge in [0.25, 0.3) is 5.91 Å². The molecule has 0 aliphatic heterocycles. The highest BCUT2D eigenvalue weighted by molar-refractivity contribution is 9.09. The number of nitrogens with one attached hydrogen (secondary N) is 1. The van der Waals surface area contributed by atoms with Crippen LogP contribution in [0.2, 0.25) is 0 Å². The van der Waals surface area contributed by atoms with Gasteiger partial charge in [0.1, 0.15) is 12.0 Å². The molecule has 1 aromatic heterocycles. The number of hydrogen-bond acceptors (Lipinski definition) is 2. The van der Waals surface area contributed by atoms with Crippen LogP contribution in [0, 0.1) is 6.92 Å². The fourth-order valence-corrected chi connectivity index (χ4v) is 2.92. The van der Waals surface area contributed by atoms with E-state index in [-0.39, 0.29) is 11.4 Å². The molecule has 0 spiro atoms. The Bertz CT molecular complexity index is 380. The summed E-state index contributed by atoms with van der Waals surface area (Å²) in [7, 11) is 0. The van der Waals surface area contributed by atoms with E-state index in [1.54, 1.807) is 6.07 Å². The monoisotopic (exact) mass is 285 g/mol. The van der Waals surface area contributed by atoms with Crippen LogP contribution < -0.4 is 5.32 Å². The Labute approximate surface area is 104 Å². The molecule has 1 amide bonds. The van der Waals surface area contributed by atoms with Gasteiger partial charge in [0.05, 0.1) is 11.1 Å². The average molecular weight is 286 g/mol. The maximum atomic E-state index is 12.0. The lowest BCUT2D eigenvalue weighted by atomic mass is 10.0. The molecule has 0 atom stereocenters. The lowest BCUT2D eigenvalue weighted by Gasteiger charge is -2.27. The third-order valence-electron chi connectivity index (χ3n) is 3.19. The summed E-state index contributed by atoms with van der Waals surface area (Å²) < 4.78 is 5.14. The van der Waals surface area contributed by atoms with Gasteiger partial charge < -0.3 is 9.73 Å². The number of rotatable bonds is 3. The summed E-state index contributed by atoms with van der Waals surface area (Å²) in [5, 5.41) is 3.95. The van der Waals surface area contributed by atoms with Crippen LogP contribution in [0.3, 0.4) is 0 Å². The molecule has 1 aliphatic carbocycles. The van der Waals surface area contributed by atoms with E-state index in [1.165, 1.54) is 19.1 Å². The topological polar surface area (TPSA) is 42.2 Å². The van der Waals surface area contributed by atoms with Crippen molar-refractivity contribution >= 4 is 21.8 Å². The molecule has 0 radical (unpaired) electrons. The van der Waals surface area contributed by atoms with Crippen LogP contribution in [0.25, 0.3) is 0 Å². The lowest BCUT2D eigenvalue weighted by molar-refractivity contribution is 0.0910. The summed E-state index contributed by atoms with van der Waals surface area (Å²) in [6.45, 7) is 1.84. The molecule has 1 saturated carbocycles. The molecule has 3 nitrogen and oxygen atoms in total. The Balaban J connectivity index is 2.06. The molecular weight excluding hydrogens is 270 g/mol. The summed E-state index contributed by atoms with van der Waals surface area (Å²) in [6, 6.07) is 1.77. The summed E-state index contributed by atoms with van der Waals surface area (Å²) in [4.78, 5) is 12.0.